The molecule has 234 valence electrons. The molecule has 0 radical (unpaired) electrons. The fraction of sp³-hybridized carbons (Fsp3) is 0. The van der Waals surface area contributed by atoms with E-state index in [-0.39, 0.29) is 0 Å². The maximum atomic E-state index is 6.40. The second-order valence-corrected chi connectivity index (χ2v) is 13.0. The Balaban J connectivity index is 1.20. The Hall–Kier alpha value is -6.64. The summed E-state index contributed by atoms with van der Waals surface area (Å²) in [6, 6.07) is 67.6. The number of rotatable bonds is 5. The van der Waals surface area contributed by atoms with Crippen molar-refractivity contribution >= 4 is 71.3 Å². The summed E-state index contributed by atoms with van der Waals surface area (Å²) in [7, 11) is 0. The molecule has 0 aliphatic rings. The molecule has 0 saturated heterocycles. The number of hydrogen-bond donors (Lipinski definition) is 0. The molecule has 10 aromatic rings. The molecule has 0 aliphatic heterocycles. The molecule has 0 fully saturated rings. The van der Waals surface area contributed by atoms with E-state index in [0.717, 1.165) is 39.0 Å². The zero-order chi connectivity index (χ0) is 33.0. The first kappa shape index (κ1) is 28.4. The molecule has 0 unspecified atom stereocenters. The number of benzene rings is 9. The number of para-hydroxylation sites is 1. The molecule has 0 aliphatic carbocycles. The van der Waals surface area contributed by atoms with Crippen LogP contribution in [0.1, 0.15) is 0 Å². The third-order valence-corrected chi connectivity index (χ3v) is 9.98. The largest absolute Gasteiger partial charge is 0.456 e. The average Bonchev–Trinajstić information content (AvgIpc) is 3.57. The van der Waals surface area contributed by atoms with Gasteiger partial charge in [-0.15, -0.1) is 0 Å². The molecule has 1 heterocycles. The van der Waals surface area contributed by atoms with Crippen LogP contribution in [0.2, 0.25) is 0 Å². The van der Waals surface area contributed by atoms with Gasteiger partial charge >= 0.3 is 0 Å². The Kier molecular flexibility index (Phi) is 6.53. The summed E-state index contributed by atoms with van der Waals surface area (Å²) in [5, 5.41) is 9.42. The Morgan fingerprint density at radius 2 is 0.860 bits per heavy atom. The third-order valence-electron chi connectivity index (χ3n) is 9.98. The molecule has 10 rings (SSSR count). The molecule has 0 N–H and O–H groups in total. The van der Waals surface area contributed by atoms with Crippen LogP contribution in [0, 0.1) is 0 Å². The van der Waals surface area contributed by atoms with Crippen molar-refractivity contribution in [1.29, 1.82) is 0 Å². The molecule has 0 spiro atoms. The highest BCUT2D eigenvalue weighted by Crippen LogP contribution is 2.45. The lowest BCUT2D eigenvalue weighted by atomic mass is 9.98. The van der Waals surface area contributed by atoms with Crippen LogP contribution in [-0.4, -0.2) is 0 Å². The van der Waals surface area contributed by atoms with E-state index in [9.17, 15) is 0 Å². The third kappa shape index (κ3) is 4.73. The van der Waals surface area contributed by atoms with Crippen LogP contribution in [0.25, 0.3) is 76.5 Å². The summed E-state index contributed by atoms with van der Waals surface area (Å²) in [5.41, 5.74) is 9.98. The lowest BCUT2D eigenvalue weighted by Crippen LogP contribution is -2.10. The molecule has 0 amide bonds. The molecule has 0 bridgehead atoms. The van der Waals surface area contributed by atoms with Gasteiger partial charge in [0.1, 0.15) is 11.2 Å². The van der Waals surface area contributed by atoms with Crippen LogP contribution in [0.4, 0.5) is 17.1 Å². The van der Waals surface area contributed by atoms with E-state index < -0.39 is 0 Å². The van der Waals surface area contributed by atoms with Crippen LogP contribution in [0.15, 0.2) is 192 Å². The first-order valence-corrected chi connectivity index (χ1v) is 17.1. The quantitative estimate of drug-likeness (QED) is 0.187. The number of anilines is 3. The van der Waals surface area contributed by atoms with Crippen LogP contribution in [0.5, 0.6) is 0 Å². The summed E-state index contributed by atoms with van der Waals surface area (Å²) >= 11 is 0. The van der Waals surface area contributed by atoms with Gasteiger partial charge < -0.3 is 9.32 Å². The van der Waals surface area contributed by atoms with Crippen molar-refractivity contribution in [3.8, 4) is 22.3 Å². The number of fused-ring (bicyclic) bond motifs is 7. The van der Waals surface area contributed by atoms with Crippen LogP contribution < -0.4 is 4.90 Å². The minimum Gasteiger partial charge on any atom is -0.456 e. The lowest BCUT2D eigenvalue weighted by Gasteiger charge is -2.28. The van der Waals surface area contributed by atoms with Gasteiger partial charge in [-0.1, -0.05) is 133 Å². The maximum absolute atomic E-state index is 6.40. The van der Waals surface area contributed by atoms with E-state index in [0.29, 0.717) is 0 Å². The van der Waals surface area contributed by atoms with Crippen LogP contribution in [-0.2, 0) is 0 Å². The normalized spacial score (nSPS) is 11.6. The first-order valence-electron chi connectivity index (χ1n) is 17.1. The van der Waals surface area contributed by atoms with Gasteiger partial charge in [-0.3, -0.25) is 0 Å². The first-order chi connectivity index (χ1) is 24.8. The van der Waals surface area contributed by atoms with Gasteiger partial charge in [-0.05, 0) is 104 Å². The fourth-order valence-corrected chi connectivity index (χ4v) is 7.55. The number of hydrogen-bond acceptors (Lipinski definition) is 2. The van der Waals surface area contributed by atoms with E-state index in [1.165, 1.54) is 54.6 Å². The second-order valence-electron chi connectivity index (χ2n) is 13.0. The summed E-state index contributed by atoms with van der Waals surface area (Å²) in [6.07, 6.45) is 0. The summed E-state index contributed by atoms with van der Waals surface area (Å²) in [5.74, 6) is 0. The highest BCUT2D eigenvalue weighted by molar-refractivity contribution is 6.23. The SMILES string of the molecule is c1ccc(-c2ccc3cc(N(c4ccc5cc(-c6ccccc6)ccc5c4)c4cccc5ccc6oc7ccccc7c6c45)ccc3c2)cc1. The number of furan rings is 1. The van der Waals surface area contributed by atoms with Crippen LogP contribution >= 0.6 is 0 Å². The monoisotopic (exact) mass is 637 g/mol. The van der Waals surface area contributed by atoms with Gasteiger partial charge in [0.05, 0.1) is 5.69 Å². The molecule has 2 nitrogen and oxygen atoms in total. The lowest BCUT2D eigenvalue weighted by molar-refractivity contribution is 0.669. The highest BCUT2D eigenvalue weighted by Gasteiger charge is 2.20. The topological polar surface area (TPSA) is 16.4 Å². The van der Waals surface area contributed by atoms with Crippen molar-refractivity contribution in [2.45, 2.75) is 0 Å². The Labute approximate surface area is 290 Å². The Morgan fingerprint density at radius 1 is 0.320 bits per heavy atom. The van der Waals surface area contributed by atoms with Crippen molar-refractivity contribution in [3.63, 3.8) is 0 Å². The molecular formula is C48H31NO. The summed E-state index contributed by atoms with van der Waals surface area (Å²) < 4.78 is 6.40. The van der Waals surface area contributed by atoms with Crippen LogP contribution in [0.3, 0.4) is 0 Å². The van der Waals surface area contributed by atoms with E-state index >= 15 is 0 Å². The van der Waals surface area contributed by atoms with Gasteiger partial charge in [0.15, 0.2) is 0 Å². The standard InChI is InChI=1S/C48H31NO/c1-3-10-32(11-4-1)35-18-20-39-30-41(25-22-37(39)28-35)49(42-26-23-38-29-36(19-21-40(38)31-42)33-12-5-2-6-13-33)44-16-9-14-34-24-27-46-48(47(34)44)43-15-7-8-17-45(43)50-46/h1-31H. The Morgan fingerprint density at radius 3 is 1.50 bits per heavy atom. The van der Waals surface area contributed by atoms with E-state index in [1.807, 2.05) is 6.07 Å². The smallest absolute Gasteiger partial charge is 0.136 e. The van der Waals surface area contributed by atoms with Gasteiger partial charge in [0.2, 0.25) is 0 Å². The van der Waals surface area contributed by atoms with Crippen molar-refractivity contribution < 1.29 is 4.42 Å². The predicted octanol–water partition coefficient (Wildman–Crippen LogP) is 13.8. The predicted molar refractivity (Wildman–Crippen MR) is 212 cm³/mol. The number of nitrogens with zero attached hydrogens (tertiary/aromatic N) is 1. The summed E-state index contributed by atoms with van der Waals surface area (Å²) in [6.45, 7) is 0. The molecule has 1 aromatic heterocycles. The van der Waals surface area contributed by atoms with E-state index in [1.54, 1.807) is 0 Å². The minimum absolute atomic E-state index is 0.894. The van der Waals surface area contributed by atoms with Crippen molar-refractivity contribution in [3.05, 3.63) is 188 Å². The molecule has 2 heteroatoms. The fourth-order valence-electron chi connectivity index (χ4n) is 7.55. The zero-order valence-electron chi connectivity index (χ0n) is 27.3. The van der Waals surface area contributed by atoms with Crippen molar-refractivity contribution in [2.75, 3.05) is 4.90 Å². The molecule has 50 heavy (non-hydrogen) atoms. The van der Waals surface area contributed by atoms with Gasteiger partial charge in [0.25, 0.3) is 0 Å². The zero-order valence-corrected chi connectivity index (χ0v) is 27.3. The summed E-state index contributed by atoms with van der Waals surface area (Å²) in [4.78, 5) is 2.42. The van der Waals surface area contributed by atoms with Gasteiger partial charge in [-0.2, -0.15) is 0 Å². The molecule has 0 saturated carbocycles. The minimum atomic E-state index is 0.894. The van der Waals surface area contributed by atoms with Crippen molar-refractivity contribution in [2.24, 2.45) is 0 Å². The average molecular weight is 638 g/mol. The molecule has 9 aromatic carbocycles. The van der Waals surface area contributed by atoms with E-state index in [2.05, 4.69) is 187 Å². The Bertz CT molecular complexity index is 2750. The molecular weight excluding hydrogens is 607 g/mol. The van der Waals surface area contributed by atoms with Gasteiger partial charge in [0, 0.05) is 27.5 Å². The van der Waals surface area contributed by atoms with E-state index in [4.69, 9.17) is 4.42 Å². The van der Waals surface area contributed by atoms with Gasteiger partial charge in [-0.25, -0.2) is 0 Å². The van der Waals surface area contributed by atoms with Crippen molar-refractivity contribution in [1.82, 2.24) is 0 Å². The maximum Gasteiger partial charge on any atom is 0.136 e. The highest BCUT2D eigenvalue weighted by atomic mass is 16.3. The molecule has 0 atom stereocenters. The second kappa shape index (κ2) is 11.5.